The van der Waals surface area contributed by atoms with Crippen molar-refractivity contribution in [3.63, 3.8) is 0 Å². The fourth-order valence-electron chi connectivity index (χ4n) is 1.57. The summed E-state index contributed by atoms with van der Waals surface area (Å²) in [6, 6.07) is 4.00. The van der Waals surface area contributed by atoms with Crippen LogP contribution >= 0.6 is 50.9 Å². The van der Waals surface area contributed by atoms with Crippen LogP contribution in [0.4, 0.5) is 5.69 Å². The molecule has 98 valence electrons. The largest absolute Gasteiger partial charge is 0.333 e. The smallest absolute Gasteiger partial charge is 0.161 e. The Morgan fingerprint density at radius 2 is 2.00 bits per heavy atom. The second-order valence-corrected chi connectivity index (χ2v) is 7.16. The summed E-state index contributed by atoms with van der Waals surface area (Å²) in [5, 5.41) is 5.28. The highest BCUT2D eigenvalue weighted by atomic mass is 79.9. The van der Waals surface area contributed by atoms with E-state index < -0.39 is 0 Å². The lowest BCUT2D eigenvalue weighted by atomic mass is 10.1. The maximum atomic E-state index is 6.17. The number of anilines is 1. The summed E-state index contributed by atoms with van der Waals surface area (Å²) in [6.07, 6.45) is 0. The molecule has 2 nitrogen and oxygen atoms in total. The Morgan fingerprint density at radius 1 is 1.39 bits per heavy atom. The zero-order valence-corrected chi connectivity index (χ0v) is 13.9. The minimum absolute atomic E-state index is 0.366. The van der Waals surface area contributed by atoms with E-state index in [-0.39, 0.29) is 0 Å². The third kappa shape index (κ3) is 3.35. The Kier molecular flexibility index (Phi) is 4.86. The number of hydrogen-bond donors (Lipinski definition) is 1. The third-order valence-corrected chi connectivity index (χ3v) is 4.73. The molecule has 0 aliphatic carbocycles. The summed E-state index contributed by atoms with van der Waals surface area (Å²) in [5.41, 5.74) is 0.720. The van der Waals surface area contributed by atoms with Gasteiger partial charge in [0, 0.05) is 10.2 Å². The number of halogens is 3. The van der Waals surface area contributed by atoms with E-state index in [0.717, 1.165) is 21.1 Å². The van der Waals surface area contributed by atoms with Crippen LogP contribution in [0, 0.1) is 5.92 Å². The number of rotatable bonds is 2. The van der Waals surface area contributed by atoms with E-state index in [1.807, 2.05) is 12.1 Å². The summed E-state index contributed by atoms with van der Waals surface area (Å²) in [4.78, 5) is 4.63. The van der Waals surface area contributed by atoms with Gasteiger partial charge >= 0.3 is 0 Å². The van der Waals surface area contributed by atoms with E-state index in [1.165, 1.54) is 0 Å². The van der Waals surface area contributed by atoms with Gasteiger partial charge in [0.1, 0.15) is 0 Å². The first-order valence-electron chi connectivity index (χ1n) is 5.59. The minimum atomic E-state index is 0.366. The lowest BCUT2D eigenvalue weighted by Crippen LogP contribution is -2.12. The molecule has 1 aromatic carbocycles. The first kappa shape index (κ1) is 14.5. The monoisotopic (exact) mass is 366 g/mol. The van der Waals surface area contributed by atoms with E-state index in [2.05, 4.69) is 40.1 Å². The number of nitrogens with zero attached hydrogens (tertiary/aromatic N) is 1. The molecule has 1 aliphatic heterocycles. The second-order valence-electron chi connectivity index (χ2n) is 4.43. The van der Waals surface area contributed by atoms with E-state index >= 15 is 0 Å². The minimum Gasteiger partial charge on any atom is -0.333 e. The number of nitrogens with one attached hydrogen (secondary N) is 1. The van der Waals surface area contributed by atoms with Crippen molar-refractivity contribution < 1.29 is 0 Å². The lowest BCUT2D eigenvalue weighted by Gasteiger charge is -2.10. The molecular formula is C12H13BrCl2N2S. The predicted molar refractivity (Wildman–Crippen MR) is 86.3 cm³/mol. The molecule has 1 heterocycles. The molecule has 0 saturated heterocycles. The number of thioether (sulfide) groups is 1. The van der Waals surface area contributed by atoms with E-state index in [0.29, 0.717) is 22.0 Å². The summed E-state index contributed by atoms with van der Waals surface area (Å²) >= 11 is 17.4. The Hall–Kier alpha value is 0.1000. The van der Waals surface area contributed by atoms with Crippen molar-refractivity contribution in [1.82, 2.24) is 0 Å². The Balaban J connectivity index is 2.18. The molecule has 0 radical (unpaired) electrons. The molecule has 0 fully saturated rings. The van der Waals surface area contributed by atoms with Gasteiger partial charge in [0.25, 0.3) is 0 Å². The van der Waals surface area contributed by atoms with Crippen molar-refractivity contribution in [3.05, 3.63) is 26.7 Å². The quantitative estimate of drug-likeness (QED) is 0.767. The molecule has 6 heteroatoms. The summed E-state index contributed by atoms with van der Waals surface area (Å²) < 4.78 is 0.865. The standard InChI is InChI=1S/C12H13BrCl2N2S/c1-6(2)10-5-18-12(16-10)17-11-8(14)3-7(13)4-9(11)15/h3-4,6,10H,5H2,1-2H3,(H,16,17). The van der Waals surface area contributed by atoms with Gasteiger partial charge in [0.15, 0.2) is 5.17 Å². The van der Waals surface area contributed by atoms with Crippen LogP contribution in [0.5, 0.6) is 0 Å². The topological polar surface area (TPSA) is 24.4 Å². The van der Waals surface area contributed by atoms with Crippen LogP contribution in [0.25, 0.3) is 0 Å². The first-order valence-corrected chi connectivity index (χ1v) is 8.13. The van der Waals surface area contributed by atoms with Crippen LogP contribution < -0.4 is 5.32 Å². The Morgan fingerprint density at radius 3 is 2.50 bits per heavy atom. The maximum absolute atomic E-state index is 6.17. The highest BCUT2D eigenvalue weighted by molar-refractivity contribution is 9.10. The molecule has 1 aromatic rings. The van der Waals surface area contributed by atoms with E-state index in [1.54, 1.807) is 11.8 Å². The van der Waals surface area contributed by atoms with Gasteiger partial charge in [0.05, 0.1) is 21.8 Å². The van der Waals surface area contributed by atoms with Gasteiger partial charge in [0.2, 0.25) is 0 Å². The maximum Gasteiger partial charge on any atom is 0.161 e. The molecule has 0 saturated carbocycles. The lowest BCUT2D eigenvalue weighted by molar-refractivity contribution is 0.543. The van der Waals surface area contributed by atoms with Crippen LogP contribution in [0.1, 0.15) is 13.8 Å². The predicted octanol–water partition coefficient (Wildman–Crippen LogP) is 5.30. The highest BCUT2D eigenvalue weighted by Gasteiger charge is 2.22. The van der Waals surface area contributed by atoms with Gasteiger partial charge in [-0.2, -0.15) is 0 Å². The van der Waals surface area contributed by atoms with Gasteiger partial charge in [-0.15, -0.1) is 0 Å². The van der Waals surface area contributed by atoms with Crippen molar-refractivity contribution in [1.29, 1.82) is 0 Å². The van der Waals surface area contributed by atoms with Crippen LogP contribution in [-0.2, 0) is 0 Å². The summed E-state index contributed by atoms with van der Waals surface area (Å²) in [6.45, 7) is 4.36. The molecule has 0 spiro atoms. The van der Waals surface area contributed by atoms with Crippen molar-refractivity contribution in [2.75, 3.05) is 11.1 Å². The number of benzene rings is 1. The third-order valence-electron chi connectivity index (χ3n) is 2.68. The molecule has 1 aliphatic rings. The van der Waals surface area contributed by atoms with E-state index in [9.17, 15) is 0 Å². The summed E-state index contributed by atoms with van der Waals surface area (Å²) in [5.74, 6) is 1.55. The molecule has 0 bridgehead atoms. The van der Waals surface area contributed by atoms with Gasteiger partial charge in [-0.3, -0.25) is 4.99 Å². The normalized spacial score (nSPS) is 19.2. The van der Waals surface area contributed by atoms with Crippen molar-refractivity contribution >= 4 is 61.7 Å². The zero-order chi connectivity index (χ0) is 13.3. The number of hydrogen-bond acceptors (Lipinski definition) is 3. The average Bonchev–Trinajstić information content (AvgIpc) is 2.71. The Bertz CT molecular complexity index is 468. The first-order chi connectivity index (χ1) is 8.47. The molecule has 1 unspecified atom stereocenters. The van der Waals surface area contributed by atoms with Gasteiger partial charge in [-0.25, -0.2) is 0 Å². The number of aliphatic imine (C=N–C) groups is 1. The zero-order valence-electron chi connectivity index (χ0n) is 10.0. The van der Waals surface area contributed by atoms with Gasteiger partial charge in [-0.1, -0.05) is 64.7 Å². The van der Waals surface area contributed by atoms with Gasteiger partial charge < -0.3 is 5.32 Å². The molecule has 18 heavy (non-hydrogen) atoms. The average molecular weight is 368 g/mol. The molecule has 1 N–H and O–H groups in total. The van der Waals surface area contributed by atoms with Crippen molar-refractivity contribution in [2.24, 2.45) is 10.9 Å². The molecular weight excluding hydrogens is 355 g/mol. The van der Waals surface area contributed by atoms with Crippen LogP contribution in [0.15, 0.2) is 21.6 Å². The fourth-order valence-corrected chi connectivity index (χ4v) is 4.04. The Labute approximate surface area is 130 Å². The van der Waals surface area contributed by atoms with Crippen LogP contribution in [0.3, 0.4) is 0 Å². The second kappa shape index (κ2) is 6.04. The van der Waals surface area contributed by atoms with Crippen LogP contribution in [0.2, 0.25) is 10.0 Å². The molecule has 0 aromatic heterocycles. The van der Waals surface area contributed by atoms with Crippen molar-refractivity contribution in [3.8, 4) is 0 Å². The highest BCUT2D eigenvalue weighted by Crippen LogP contribution is 2.35. The fraction of sp³-hybridized carbons (Fsp3) is 0.417. The molecule has 1 atom stereocenters. The van der Waals surface area contributed by atoms with Gasteiger partial charge in [-0.05, 0) is 18.1 Å². The van der Waals surface area contributed by atoms with Crippen LogP contribution in [-0.4, -0.2) is 17.0 Å². The number of amidine groups is 1. The van der Waals surface area contributed by atoms with Crippen molar-refractivity contribution in [2.45, 2.75) is 19.9 Å². The molecule has 2 rings (SSSR count). The van der Waals surface area contributed by atoms with E-state index in [4.69, 9.17) is 23.2 Å². The summed E-state index contributed by atoms with van der Waals surface area (Å²) in [7, 11) is 0. The SMILES string of the molecule is CC(C)C1CSC(Nc2c(Cl)cc(Br)cc2Cl)=N1. The molecule has 0 amide bonds.